The second-order valence-corrected chi connectivity index (χ2v) is 7.67. The van der Waals surface area contributed by atoms with Crippen molar-refractivity contribution in [3.8, 4) is 17.1 Å². The number of benzene rings is 1. The van der Waals surface area contributed by atoms with Gasteiger partial charge < -0.3 is 19.4 Å². The molecule has 0 bridgehead atoms. The molecule has 2 atom stereocenters. The standard InChI is InChI=1S/C23H25N3O2S/c1-4-27-17-10-8-16(9-11-17)19-12-13-20(28-19)22-21(18-7-5-6-14-24-18)25-23(29)26(22)15(2)3/h5-15,21-22H,4H2,1-3H3,(H,25,29). The van der Waals surface area contributed by atoms with E-state index in [2.05, 4.69) is 29.0 Å². The minimum atomic E-state index is -0.0644. The van der Waals surface area contributed by atoms with Crippen LogP contribution in [0, 0.1) is 0 Å². The summed E-state index contributed by atoms with van der Waals surface area (Å²) in [6, 6.07) is 18.0. The molecule has 1 N–H and O–H groups in total. The highest BCUT2D eigenvalue weighted by Crippen LogP contribution is 2.41. The van der Waals surface area contributed by atoms with Crippen LogP contribution in [0.2, 0.25) is 0 Å². The molecule has 1 fully saturated rings. The van der Waals surface area contributed by atoms with Gasteiger partial charge in [0.15, 0.2) is 5.11 Å². The first-order valence-electron chi connectivity index (χ1n) is 9.91. The topological polar surface area (TPSA) is 50.5 Å². The molecule has 3 heterocycles. The normalized spacial score (nSPS) is 18.9. The number of aromatic nitrogens is 1. The Labute approximate surface area is 176 Å². The molecule has 4 rings (SSSR count). The van der Waals surface area contributed by atoms with Crippen molar-refractivity contribution in [3.05, 3.63) is 72.2 Å². The van der Waals surface area contributed by atoms with E-state index in [4.69, 9.17) is 21.4 Å². The van der Waals surface area contributed by atoms with Crippen molar-refractivity contribution in [1.82, 2.24) is 15.2 Å². The van der Waals surface area contributed by atoms with Gasteiger partial charge in [0.05, 0.1) is 18.3 Å². The van der Waals surface area contributed by atoms with Crippen LogP contribution in [0.3, 0.4) is 0 Å². The van der Waals surface area contributed by atoms with Crippen molar-refractivity contribution in [2.75, 3.05) is 6.61 Å². The smallest absolute Gasteiger partial charge is 0.170 e. The molecule has 3 aromatic rings. The Hall–Kier alpha value is -2.86. The fourth-order valence-electron chi connectivity index (χ4n) is 3.78. The zero-order chi connectivity index (χ0) is 20.4. The SMILES string of the molecule is CCOc1ccc(-c2ccc(C3C(c4ccccn4)NC(=S)N3C(C)C)o2)cc1. The average molecular weight is 408 g/mol. The Kier molecular flexibility index (Phi) is 5.53. The quantitative estimate of drug-likeness (QED) is 0.572. The maximum atomic E-state index is 6.32. The van der Waals surface area contributed by atoms with Crippen molar-refractivity contribution >= 4 is 17.3 Å². The fraction of sp³-hybridized carbons (Fsp3) is 0.304. The summed E-state index contributed by atoms with van der Waals surface area (Å²) >= 11 is 5.64. The van der Waals surface area contributed by atoms with Crippen molar-refractivity contribution in [2.24, 2.45) is 0 Å². The van der Waals surface area contributed by atoms with E-state index in [1.165, 1.54) is 0 Å². The summed E-state index contributed by atoms with van der Waals surface area (Å²) in [5.41, 5.74) is 1.96. The fourth-order valence-corrected chi connectivity index (χ4v) is 4.23. The van der Waals surface area contributed by atoms with Crippen LogP contribution in [-0.2, 0) is 0 Å². The molecule has 0 spiro atoms. The van der Waals surface area contributed by atoms with Crippen LogP contribution in [0.5, 0.6) is 5.75 Å². The molecule has 2 aromatic heterocycles. The van der Waals surface area contributed by atoms with E-state index in [1.54, 1.807) is 0 Å². The summed E-state index contributed by atoms with van der Waals surface area (Å²) in [7, 11) is 0. The zero-order valence-corrected chi connectivity index (χ0v) is 17.6. The van der Waals surface area contributed by atoms with Crippen LogP contribution >= 0.6 is 12.2 Å². The van der Waals surface area contributed by atoms with Gasteiger partial charge in [-0.1, -0.05) is 6.07 Å². The number of nitrogens with one attached hydrogen (secondary N) is 1. The van der Waals surface area contributed by atoms with E-state index in [9.17, 15) is 0 Å². The van der Waals surface area contributed by atoms with Gasteiger partial charge >= 0.3 is 0 Å². The number of hydrogen-bond acceptors (Lipinski definition) is 4. The van der Waals surface area contributed by atoms with E-state index in [0.717, 1.165) is 33.6 Å². The molecule has 1 aliphatic rings. The molecule has 5 nitrogen and oxygen atoms in total. The van der Waals surface area contributed by atoms with Gasteiger partial charge in [-0.2, -0.15) is 0 Å². The van der Waals surface area contributed by atoms with Crippen LogP contribution in [0.25, 0.3) is 11.3 Å². The van der Waals surface area contributed by atoms with E-state index >= 15 is 0 Å². The maximum Gasteiger partial charge on any atom is 0.170 e. The van der Waals surface area contributed by atoms with Crippen molar-refractivity contribution in [2.45, 2.75) is 38.9 Å². The summed E-state index contributed by atoms with van der Waals surface area (Å²) in [4.78, 5) is 6.74. The molecule has 0 aliphatic carbocycles. The van der Waals surface area contributed by atoms with Gasteiger partial charge in [0.1, 0.15) is 23.3 Å². The van der Waals surface area contributed by atoms with E-state index in [0.29, 0.717) is 6.61 Å². The highest BCUT2D eigenvalue weighted by molar-refractivity contribution is 7.80. The molecule has 0 saturated carbocycles. The summed E-state index contributed by atoms with van der Waals surface area (Å²) in [6.07, 6.45) is 1.81. The Morgan fingerprint density at radius 3 is 2.59 bits per heavy atom. The Bertz CT molecular complexity index is 969. The Morgan fingerprint density at radius 1 is 1.14 bits per heavy atom. The van der Waals surface area contributed by atoms with Crippen molar-refractivity contribution in [3.63, 3.8) is 0 Å². The lowest BCUT2D eigenvalue weighted by Crippen LogP contribution is -2.35. The van der Waals surface area contributed by atoms with E-state index in [-0.39, 0.29) is 18.1 Å². The Balaban J connectivity index is 1.68. The summed E-state index contributed by atoms with van der Waals surface area (Å²) in [5.74, 6) is 2.55. The zero-order valence-electron chi connectivity index (χ0n) is 16.8. The van der Waals surface area contributed by atoms with Gasteiger partial charge in [-0.15, -0.1) is 0 Å². The number of nitrogens with zero attached hydrogens (tertiary/aromatic N) is 2. The molecular weight excluding hydrogens is 382 g/mol. The number of rotatable bonds is 6. The van der Waals surface area contributed by atoms with Crippen LogP contribution in [0.1, 0.15) is 44.3 Å². The largest absolute Gasteiger partial charge is 0.494 e. The number of hydrogen-bond donors (Lipinski definition) is 1. The van der Waals surface area contributed by atoms with E-state index in [1.807, 2.05) is 67.7 Å². The van der Waals surface area contributed by atoms with Crippen molar-refractivity contribution in [1.29, 1.82) is 0 Å². The van der Waals surface area contributed by atoms with Gasteiger partial charge in [-0.05, 0) is 81.5 Å². The summed E-state index contributed by atoms with van der Waals surface area (Å²) < 4.78 is 11.9. The third kappa shape index (κ3) is 3.85. The monoisotopic (exact) mass is 407 g/mol. The van der Waals surface area contributed by atoms with Crippen LogP contribution in [0.4, 0.5) is 0 Å². The highest BCUT2D eigenvalue weighted by Gasteiger charge is 2.42. The summed E-state index contributed by atoms with van der Waals surface area (Å²) in [6.45, 7) is 6.90. The molecular formula is C23H25N3O2S. The molecule has 1 aliphatic heterocycles. The highest BCUT2D eigenvalue weighted by atomic mass is 32.1. The van der Waals surface area contributed by atoms with Gasteiger partial charge in [0.25, 0.3) is 0 Å². The second-order valence-electron chi connectivity index (χ2n) is 7.29. The molecule has 1 saturated heterocycles. The van der Waals surface area contributed by atoms with Gasteiger partial charge in [-0.3, -0.25) is 4.98 Å². The van der Waals surface area contributed by atoms with Gasteiger partial charge in [0, 0.05) is 17.8 Å². The number of ether oxygens (including phenoxy) is 1. The first-order chi connectivity index (χ1) is 14.1. The van der Waals surface area contributed by atoms with Crippen LogP contribution in [-0.4, -0.2) is 27.6 Å². The minimum absolute atomic E-state index is 0.0613. The molecule has 0 radical (unpaired) electrons. The average Bonchev–Trinajstić information content (AvgIpc) is 3.34. The summed E-state index contributed by atoms with van der Waals surface area (Å²) in [5, 5.41) is 4.16. The molecule has 2 unspecified atom stereocenters. The molecule has 6 heteroatoms. The first kappa shape index (κ1) is 19.5. The van der Waals surface area contributed by atoms with Gasteiger partial charge in [-0.25, -0.2) is 0 Å². The lowest BCUT2D eigenvalue weighted by molar-refractivity contribution is 0.237. The third-order valence-electron chi connectivity index (χ3n) is 5.06. The second kappa shape index (κ2) is 8.25. The van der Waals surface area contributed by atoms with Gasteiger partial charge in [0.2, 0.25) is 0 Å². The first-order valence-corrected chi connectivity index (χ1v) is 10.3. The molecule has 29 heavy (non-hydrogen) atoms. The number of pyridine rings is 1. The number of furan rings is 1. The minimum Gasteiger partial charge on any atom is -0.494 e. The molecule has 1 aromatic carbocycles. The lowest BCUT2D eigenvalue weighted by atomic mass is 10.0. The van der Waals surface area contributed by atoms with Crippen LogP contribution < -0.4 is 10.1 Å². The van der Waals surface area contributed by atoms with E-state index < -0.39 is 0 Å². The predicted molar refractivity (Wildman–Crippen MR) is 118 cm³/mol. The predicted octanol–water partition coefficient (Wildman–Crippen LogP) is 5.12. The molecule has 150 valence electrons. The maximum absolute atomic E-state index is 6.32. The number of thiocarbonyl (C=S) groups is 1. The third-order valence-corrected chi connectivity index (χ3v) is 5.39. The van der Waals surface area contributed by atoms with Crippen LogP contribution in [0.15, 0.2) is 65.2 Å². The molecule has 0 amide bonds. The van der Waals surface area contributed by atoms with Crippen molar-refractivity contribution < 1.29 is 9.15 Å². The Morgan fingerprint density at radius 2 is 1.93 bits per heavy atom. The lowest BCUT2D eigenvalue weighted by Gasteiger charge is -2.29.